The molecule has 1 unspecified atom stereocenters. The van der Waals surface area contributed by atoms with Gasteiger partial charge >= 0.3 is 0 Å². The van der Waals surface area contributed by atoms with Crippen molar-refractivity contribution in [3.8, 4) is 5.75 Å². The zero-order valence-electron chi connectivity index (χ0n) is 14.8. The average molecular weight is 470 g/mol. The summed E-state index contributed by atoms with van der Waals surface area (Å²) < 4.78 is 11.3. The molecule has 0 bridgehead atoms. The van der Waals surface area contributed by atoms with Crippen molar-refractivity contribution < 1.29 is 9.47 Å². The first-order valence-electron chi connectivity index (χ1n) is 7.99. The predicted octanol–water partition coefficient (Wildman–Crippen LogP) is 3.71. The Kier molecular flexibility index (Phi) is 13.1. The lowest BCUT2D eigenvalue weighted by molar-refractivity contribution is 0.0776. The molecule has 5 nitrogen and oxygen atoms in total. The number of hydrogen-bond donors (Lipinski definition) is 2. The van der Waals surface area contributed by atoms with Crippen LogP contribution in [0.25, 0.3) is 0 Å². The van der Waals surface area contributed by atoms with Crippen molar-refractivity contribution in [2.45, 2.75) is 39.4 Å². The highest BCUT2D eigenvalue weighted by Crippen LogP contribution is 2.16. The van der Waals surface area contributed by atoms with Gasteiger partial charge in [0.25, 0.3) is 0 Å². The predicted molar refractivity (Wildman–Crippen MR) is 112 cm³/mol. The molecule has 7 heteroatoms. The van der Waals surface area contributed by atoms with Gasteiger partial charge in [-0.1, -0.05) is 11.6 Å². The highest BCUT2D eigenvalue weighted by molar-refractivity contribution is 14.0. The van der Waals surface area contributed by atoms with Crippen LogP contribution in [0.15, 0.2) is 29.3 Å². The van der Waals surface area contributed by atoms with Crippen LogP contribution in [-0.4, -0.2) is 44.9 Å². The van der Waals surface area contributed by atoms with Crippen molar-refractivity contribution in [1.82, 2.24) is 10.6 Å². The fourth-order valence-electron chi connectivity index (χ4n) is 1.85. The second kappa shape index (κ2) is 13.5. The molecule has 0 aliphatic carbocycles. The molecule has 0 spiro atoms. The molecule has 0 radical (unpaired) electrons. The first-order valence-corrected chi connectivity index (χ1v) is 8.37. The molecule has 2 N–H and O–H groups in total. The maximum Gasteiger partial charge on any atom is 0.191 e. The van der Waals surface area contributed by atoms with Crippen molar-refractivity contribution in [2.24, 2.45) is 4.99 Å². The Morgan fingerprint density at radius 3 is 2.42 bits per heavy atom. The van der Waals surface area contributed by atoms with Gasteiger partial charge in [0.15, 0.2) is 5.96 Å². The first kappa shape index (κ1) is 23.3. The van der Waals surface area contributed by atoms with Crippen LogP contribution < -0.4 is 15.4 Å². The van der Waals surface area contributed by atoms with Crippen LogP contribution in [0.5, 0.6) is 5.75 Å². The molecule has 0 aliphatic rings. The minimum absolute atomic E-state index is 0. The molecule has 24 heavy (non-hydrogen) atoms. The van der Waals surface area contributed by atoms with Gasteiger partial charge < -0.3 is 20.1 Å². The second-order valence-electron chi connectivity index (χ2n) is 5.54. The van der Waals surface area contributed by atoms with E-state index in [9.17, 15) is 0 Å². The molecule has 1 atom stereocenters. The number of benzene rings is 1. The maximum absolute atomic E-state index is 5.86. The van der Waals surface area contributed by atoms with Gasteiger partial charge in [-0.3, -0.25) is 4.99 Å². The van der Waals surface area contributed by atoms with E-state index in [2.05, 4.69) is 15.6 Å². The van der Waals surface area contributed by atoms with Crippen LogP contribution in [0.4, 0.5) is 0 Å². The summed E-state index contributed by atoms with van der Waals surface area (Å²) in [6, 6.07) is 7.36. The lowest BCUT2D eigenvalue weighted by Crippen LogP contribution is -2.42. The summed E-state index contributed by atoms with van der Waals surface area (Å²) in [5, 5.41) is 7.21. The molecule has 0 saturated carbocycles. The van der Waals surface area contributed by atoms with Gasteiger partial charge in [-0.2, -0.15) is 0 Å². The third-order valence-electron chi connectivity index (χ3n) is 3.00. The normalized spacial score (nSPS) is 12.5. The fourth-order valence-corrected chi connectivity index (χ4v) is 1.97. The fraction of sp³-hybridized carbons (Fsp3) is 0.588. The summed E-state index contributed by atoms with van der Waals surface area (Å²) >= 11 is 5.86. The van der Waals surface area contributed by atoms with Gasteiger partial charge in [-0.15, -0.1) is 24.0 Å². The van der Waals surface area contributed by atoms with Crippen molar-refractivity contribution >= 4 is 41.5 Å². The minimum Gasteiger partial charge on any atom is -0.489 e. The number of hydrogen-bond acceptors (Lipinski definition) is 3. The van der Waals surface area contributed by atoms with E-state index in [1.54, 1.807) is 7.05 Å². The Morgan fingerprint density at radius 1 is 1.17 bits per heavy atom. The van der Waals surface area contributed by atoms with Crippen LogP contribution in [0, 0.1) is 0 Å². The summed E-state index contributed by atoms with van der Waals surface area (Å²) in [5.41, 5.74) is 0. The molecule has 138 valence electrons. The van der Waals surface area contributed by atoms with Gasteiger partial charge in [0.2, 0.25) is 0 Å². The molecule has 0 fully saturated rings. The van der Waals surface area contributed by atoms with E-state index in [4.69, 9.17) is 21.1 Å². The Hall–Kier alpha value is -0.730. The van der Waals surface area contributed by atoms with E-state index in [-0.39, 0.29) is 36.2 Å². The molecule has 1 aromatic rings. The summed E-state index contributed by atoms with van der Waals surface area (Å²) in [4.78, 5) is 4.19. The summed E-state index contributed by atoms with van der Waals surface area (Å²) in [6.07, 6.45) is 1.23. The molecule has 0 heterocycles. The van der Waals surface area contributed by atoms with Crippen LogP contribution >= 0.6 is 35.6 Å². The molecule has 0 aromatic heterocycles. The summed E-state index contributed by atoms with van der Waals surface area (Å²) in [5.74, 6) is 1.57. The van der Waals surface area contributed by atoms with Gasteiger partial charge in [0.1, 0.15) is 11.9 Å². The largest absolute Gasteiger partial charge is 0.489 e. The maximum atomic E-state index is 5.86. The minimum atomic E-state index is 0. The van der Waals surface area contributed by atoms with E-state index in [0.717, 1.165) is 31.3 Å². The number of halogens is 2. The quantitative estimate of drug-likeness (QED) is 0.251. The summed E-state index contributed by atoms with van der Waals surface area (Å²) in [7, 11) is 1.75. The first-order chi connectivity index (χ1) is 11.0. The van der Waals surface area contributed by atoms with Crippen molar-refractivity contribution in [3.63, 3.8) is 0 Å². The van der Waals surface area contributed by atoms with Crippen LogP contribution in [0.1, 0.15) is 27.2 Å². The number of nitrogens with one attached hydrogen (secondary N) is 2. The number of nitrogens with zero attached hydrogens (tertiary/aromatic N) is 1. The average Bonchev–Trinajstić information content (AvgIpc) is 2.52. The van der Waals surface area contributed by atoms with Crippen LogP contribution in [0.3, 0.4) is 0 Å². The SMILES string of the molecule is CN=C(NCCCOC(C)C)NCC(C)Oc1ccc(Cl)cc1.I. The van der Waals surface area contributed by atoms with E-state index in [1.807, 2.05) is 45.0 Å². The van der Waals surface area contributed by atoms with E-state index in [1.165, 1.54) is 0 Å². The Balaban J connectivity index is 0.00000529. The number of aliphatic imine (C=N–C) groups is 1. The zero-order valence-corrected chi connectivity index (χ0v) is 17.9. The number of guanidine groups is 1. The van der Waals surface area contributed by atoms with Crippen molar-refractivity contribution in [3.05, 3.63) is 29.3 Å². The monoisotopic (exact) mass is 469 g/mol. The highest BCUT2D eigenvalue weighted by Gasteiger charge is 2.05. The van der Waals surface area contributed by atoms with Gasteiger partial charge in [0, 0.05) is 25.2 Å². The van der Waals surface area contributed by atoms with E-state index in [0.29, 0.717) is 11.6 Å². The Morgan fingerprint density at radius 2 is 1.83 bits per heavy atom. The third kappa shape index (κ3) is 10.9. The summed E-state index contributed by atoms with van der Waals surface area (Å²) in [6.45, 7) is 8.30. The molecular formula is C17H29ClIN3O2. The second-order valence-corrected chi connectivity index (χ2v) is 5.97. The zero-order chi connectivity index (χ0) is 17.1. The Bertz CT molecular complexity index is 469. The highest BCUT2D eigenvalue weighted by atomic mass is 127. The third-order valence-corrected chi connectivity index (χ3v) is 3.25. The Labute approximate surface area is 167 Å². The number of ether oxygens (including phenoxy) is 2. The van der Waals surface area contributed by atoms with Gasteiger partial charge in [-0.25, -0.2) is 0 Å². The van der Waals surface area contributed by atoms with Crippen molar-refractivity contribution in [2.75, 3.05) is 26.7 Å². The van der Waals surface area contributed by atoms with E-state index >= 15 is 0 Å². The molecule has 1 rings (SSSR count). The van der Waals surface area contributed by atoms with Crippen LogP contribution in [-0.2, 0) is 4.74 Å². The molecule has 1 aromatic carbocycles. The van der Waals surface area contributed by atoms with E-state index < -0.39 is 0 Å². The lowest BCUT2D eigenvalue weighted by atomic mass is 10.3. The van der Waals surface area contributed by atoms with Crippen molar-refractivity contribution in [1.29, 1.82) is 0 Å². The lowest BCUT2D eigenvalue weighted by Gasteiger charge is -2.18. The molecular weight excluding hydrogens is 441 g/mol. The number of rotatable bonds is 9. The molecule has 0 amide bonds. The van der Waals surface area contributed by atoms with Gasteiger partial charge in [0.05, 0.1) is 12.6 Å². The molecule has 0 aliphatic heterocycles. The van der Waals surface area contributed by atoms with Gasteiger partial charge in [-0.05, 0) is 51.5 Å². The smallest absolute Gasteiger partial charge is 0.191 e. The molecule has 0 saturated heterocycles. The van der Waals surface area contributed by atoms with Crippen LogP contribution in [0.2, 0.25) is 5.02 Å². The topological polar surface area (TPSA) is 54.9 Å². The standard InChI is InChI=1S/C17H28ClN3O2.HI/c1-13(2)22-11-5-10-20-17(19-4)21-12-14(3)23-16-8-6-15(18)7-9-16;/h6-9,13-14H,5,10-12H2,1-4H3,(H2,19,20,21);1H.